The van der Waals surface area contributed by atoms with Gasteiger partial charge in [-0.3, -0.25) is 5.01 Å². The summed E-state index contributed by atoms with van der Waals surface area (Å²) in [5.41, 5.74) is -0.630. The fourth-order valence-electron chi connectivity index (χ4n) is 1.71. The number of halogens is 2. The number of rotatable bonds is 7. The number of nitrogens with zero attached hydrogens (tertiary/aromatic N) is 3. The number of amidine groups is 2. The van der Waals surface area contributed by atoms with Gasteiger partial charge in [-0.15, -0.1) is 0 Å². The Bertz CT molecular complexity index is 291. The molecule has 0 aliphatic carbocycles. The van der Waals surface area contributed by atoms with Crippen LogP contribution in [0.2, 0.25) is 0 Å². The summed E-state index contributed by atoms with van der Waals surface area (Å²) in [5.74, 6) is 6.47. The Balaban J connectivity index is 2.24. The lowest BCUT2D eigenvalue weighted by Gasteiger charge is -2.25. The van der Waals surface area contributed by atoms with E-state index in [1.165, 1.54) is 37.1 Å². The van der Waals surface area contributed by atoms with Crippen LogP contribution in [-0.4, -0.2) is 21.8 Å². The highest BCUT2D eigenvalue weighted by Crippen LogP contribution is 2.15. The normalized spacial score (nSPS) is 20.2. The van der Waals surface area contributed by atoms with E-state index in [2.05, 4.69) is 16.9 Å². The Labute approximate surface area is 113 Å². The average molecular weight is 279 g/mol. The van der Waals surface area contributed by atoms with Crippen molar-refractivity contribution < 1.29 is 0 Å². The van der Waals surface area contributed by atoms with Crippen molar-refractivity contribution in [1.82, 2.24) is 5.01 Å². The number of alkyl halides is 1. The Kier molecular flexibility index (Phi) is 6.85. The van der Waals surface area contributed by atoms with Gasteiger partial charge >= 0.3 is 0 Å². The van der Waals surface area contributed by atoms with Gasteiger partial charge in [0.25, 0.3) is 0 Å². The first kappa shape index (κ1) is 14.7. The van der Waals surface area contributed by atoms with Gasteiger partial charge in [-0.2, -0.15) is 0 Å². The molecular weight excluding hydrogens is 259 g/mol. The molecule has 4 nitrogen and oxygen atoms in total. The van der Waals surface area contributed by atoms with E-state index in [4.69, 9.17) is 29.0 Å². The number of hydrogen-bond acceptors (Lipinski definition) is 4. The van der Waals surface area contributed by atoms with Gasteiger partial charge in [0.1, 0.15) is 5.84 Å². The zero-order valence-electron chi connectivity index (χ0n) is 10.2. The monoisotopic (exact) mass is 278 g/mol. The Morgan fingerprint density at radius 1 is 1.24 bits per heavy atom. The van der Waals surface area contributed by atoms with Gasteiger partial charge < -0.3 is 0 Å². The minimum Gasteiger partial charge on any atom is -0.259 e. The first-order valence-corrected chi connectivity index (χ1v) is 6.95. The maximum absolute atomic E-state index is 5.89. The van der Waals surface area contributed by atoms with E-state index >= 15 is 0 Å². The van der Waals surface area contributed by atoms with E-state index in [0.717, 1.165) is 18.7 Å². The van der Waals surface area contributed by atoms with Gasteiger partial charge in [0.15, 0.2) is 0 Å². The summed E-state index contributed by atoms with van der Waals surface area (Å²) >= 11 is 11.6. The van der Waals surface area contributed by atoms with E-state index in [-0.39, 0.29) is 5.29 Å². The molecule has 0 aromatic rings. The lowest BCUT2D eigenvalue weighted by molar-refractivity contribution is 0.399. The maximum atomic E-state index is 5.89. The smallest absolute Gasteiger partial charge is 0.222 e. The molecule has 0 aromatic heterocycles. The van der Waals surface area contributed by atoms with Crippen LogP contribution in [0.5, 0.6) is 0 Å². The van der Waals surface area contributed by atoms with Crippen LogP contribution in [0.4, 0.5) is 0 Å². The molecule has 1 atom stereocenters. The lowest BCUT2D eigenvalue weighted by Crippen LogP contribution is -2.44. The van der Waals surface area contributed by atoms with Gasteiger partial charge in [-0.25, -0.2) is 15.8 Å². The van der Waals surface area contributed by atoms with Crippen LogP contribution in [0, 0.1) is 0 Å². The molecule has 17 heavy (non-hydrogen) atoms. The van der Waals surface area contributed by atoms with Gasteiger partial charge in [-0.1, -0.05) is 50.6 Å². The molecule has 2 N–H and O–H groups in total. The topological polar surface area (TPSA) is 54.0 Å². The van der Waals surface area contributed by atoms with Crippen molar-refractivity contribution in [3.8, 4) is 0 Å². The van der Waals surface area contributed by atoms with E-state index in [0.29, 0.717) is 0 Å². The van der Waals surface area contributed by atoms with Crippen molar-refractivity contribution in [2.24, 2.45) is 15.8 Å². The molecule has 1 rings (SSSR count). The molecular formula is C11H20Cl2N4. The number of nitrogens with two attached hydrogens (primary N) is 1. The standard InChI is InChI=1S/C11H20Cl2N4/c1-2-3-4-5-6-7-8-9-15-10(12)16-11(13)17(9)14/h11H,2-8,14H2,1H3. The molecule has 1 aliphatic heterocycles. The second-order valence-electron chi connectivity index (χ2n) is 4.16. The van der Waals surface area contributed by atoms with Crippen molar-refractivity contribution in [1.29, 1.82) is 0 Å². The summed E-state index contributed by atoms with van der Waals surface area (Å²) in [5, 5.41) is 1.56. The van der Waals surface area contributed by atoms with Crippen LogP contribution < -0.4 is 5.84 Å². The van der Waals surface area contributed by atoms with E-state index in [1.54, 1.807) is 0 Å². The lowest BCUT2D eigenvalue weighted by atomic mass is 10.1. The number of hydrazine groups is 1. The van der Waals surface area contributed by atoms with Gasteiger partial charge in [0.05, 0.1) is 0 Å². The third-order valence-corrected chi connectivity index (χ3v) is 3.21. The Hall–Kier alpha value is -0.320. The Morgan fingerprint density at radius 3 is 2.59 bits per heavy atom. The summed E-state index contributed by atoms with van der Waals surface area (Å²) in [6.07, 6.45) is 8.19. The Morgan fingerprint density at radius 2 is 1.88 bits per heavy atom. The summed E-state index contributed by atoms with van der Waals surface area (Å²) in [4.78, 5) is 7.94. The third-order valence-electron chi connectivity index (χ3n) is 2.72. The molecule has 0 aromatic carbocycles. The first-order chi connectivity index (χ1) is 8.15. The van der Waals surface area contributed by atoms with Gasteiger partial charge in [-0.05, 0) is 18.0 Å². The van der Waals surface area contributed by atoms with E-state index in [9.17, 15) is 0 Å². The fraction of sp³-hybridized carbons (Fsp3) is 0.818. The van der Waals surface area contributed by atoms with E-state index in [1.807, 2.05) is 0 Å². The van der Waals surface area contributed by atoms with Crippen LogP contribution in [0.3, 0.4) is 0 Å². The number of hydrogen-bond donors (Lipinski definition) is 1. The van der Waals surface area contributed by atoms with Crippen LogP contribution in [0.1, 0.15) is 51.9 Å². The van der Waals surface area contributed by atoms with Crippen LogP contribution in [0.15, 0.2) is 9.98 Å². The zero-order chi connectivity index (χ0) is 12.7. The summed E-state index contributed by atoms with van der Waals surface area (Å²) < 4.78 is 0. The SMILES string of the molecule is CCCCCCCCC1=NC(Cl)=NC(Cl)N1N. The molecule has 1 unspecified atom stereocenters. The molecule has 0 fully saturated rings. The highest BCUT2D eigenvalue weighted by atomic mass is 35.5. The molecule has 98 valence electrons. The average Bonchev–Trinajstić information content (AvgIpc) is 2.29. The predicted octanol–water partition coefficient (Wildman–Crippen LogP) is 3.44. The van der Waals surface area contributed by atoms with Crippen LogP contribution in [-0.2, 0) is 0 Å². The molecule has 0 spiro atoms. The van der Waals surface area contributed by atoms with Gasteiger partial charge in [0, 0.05) is 6.42 Å². The summed E-state index contributed by atoms with van der Waals surface area (Å²) in [6.45, 7) is 2.21. The molecule has 0 amide bonds. The minimum absolute atomic E-state index is 0.188. The minimum atomic E-state index is -0.630. The number of unbranched alkanes of at least 4 members (excludes halogenated alkanes) is 5. The molecule has 0 bridgehead atoms. The molecule has 6 heteroatoms. The van der Waals surface area contributed by atoms with Gasteiger partial charge in [0.2, 0.25) is 10.9 Å². The second kappa shape index (κ2) is 7.90. The zero-order valence-corrected chi connectivity index (χ0v) is 11.7. The quantitative estimate of drug-likeness (QED) is 0.336. The fourth-order valence-corrected chi connectivity index (χ4v) is 2.16. The predicted molar refractivity (Wildman–Crippen MR) is 74.4 cm³/mol. The van der Waals surface area contributed by atoms with Crippen LogP contribution >= 0.6 is 23.2 Å². The first-order valence-electron chi connectivity index (χ1n) is 6.14. The molecule has 1 heterocycles. The van der Waals surface area contributed by atoms with Crippen molar-refractivity contribution in [2.45, 2.75) is 57.5 Å². The highest BCUT2D eigenvalue weighted by molar-refractivity contribution is 6.66. The maximum Gasteiger partial charge on any atom is 0.222 e. The van der Waals surface area contributed by atoms with Crippen LogP contribution in [0.25, 0.3) is 0 Å². The van der Waals surface area contributed by atoms with Crippen molar-refractivity contribution in [3.05, 3.63) is 0 Å². The molecule has 1 aliphatic rings. The largest absolute Gasteiger partial charge is 0.259 e. The summed E-state index contributed by atoms with van der Waals surface area (Å²) in [6, 6.07) is 0. The van der Waals surface area contributed by atoms with Crippen molar-refractivity contribution in [2.75, 3.05) is 0 Å². The summed E-state index contributed by atoms with van der Waals surface area (Å²) in [7, 11) is 0. The van der Waals surface area contributed by atoms with Crippen molar-refractivity contribution >= 4 is 34.3 Å². The number of aliphatic imine (C=N–C) groups is 2. The molecule has 0 saturated carbocycles. The molecule has 0 saturated heterocycles. The molecule has 0 radical (unpaired) electrons. The second-order valence-corrected chi connectivity index (χ2v) is 4.89. The third kappa shape index (κ3) is 5.23. The van der Waals surface area contributed by atoms with Crippen molar-refractivity contribution in [3.63, 3.8) is 0 Å². The van der Waals surface area contributed by atoms with E-state index < -0.39 is 5.62 Å². The highest BCUT2D eigenvalue weighted by Gasteiger charge is 2.20.